The smallest absolute Gasteiger partial charge is 0.289 e. The van der Waals surface area contributed by atoms with Crippen LogP contribution in [0.4, 0.5) is 17.6 Å². The third-order valence-electron chi connectivity index (χ3n) is 5.04. The topological polar surface area (TPSA) is 49.4 Å². The van der Waals surface area contributed by atoms with E-state index in [-0.39, 0.29) is 12.6 Å². The van der Waals surface area contributed by atoms with E-state index < -0.39 is 33.1 Å². The molecule has 4 nitrogen and oxygen atoms in total. The van der Waals surface area contributed by atoms with Crippen LogP contribution in [0.1, 0.15) is 36.8 Å². The summed E-state index contributed by atoms with van der Waals surface area (Å²) in [7, 11) is -3.33. The van der Waals surface area contributed by atoms with Crippen LogP contribution in [0.3, 0.4) is 0 Å². The molecule has 0 unspecified atom stereocenters. The van der Waals surface area contributed by atoms with Crippen molar-refractivity contribution in [1.29, 1.82) is 0 Å². The van der Waals surface area contributed by atoms with Crippen molar-refractivity contribution in [2.75, 3.05) is 19.3 Å². The quantitative estimate of drug-likeness (QED) is 0.800. The Morgan fingerprint density at radius 1 is 1.32 bits per heavy atom. The zero-order valence-corrected chi connectivity index (χ0v) is 14.6. The number of hydrogen-bond donors (Lipinski definition) is 1. The Morgan fingerprint density at radius 3 is 2.56 bits per heavy atom. The fourth-order valence-electron chi connectivity index (χ4n) is 3.75. The molecule has 0 aromatic heterocycles. The van der Waals surface area contributed by atoms with Crippen molar-refractivity contribution in [3.63, 3.8) is 0 Å². The van der Waals surface area contributed by atoms with Crippen LogP contribution in [0.5, 0.6) is 0 Å². The maximum atomic E-state index is 13.6. The zero-order valence-electron chi connectivity index (χ0n) is 13.7. The summed E-state index contributed by atoms with van der Waals surface area (Å²) in [5.41, 5.74) is -1.35. The van der Waals surface area contributed by atoms with E-state index in [9.17, 15) is 26.0 Å². The Kier molecular flexibility index (Phi) is 4.62. The molecule has 1 heterocycles. The number of likely N-dealkylation sites (tertiary alicyclic amines) is 1. The second kappa shape index (κ2) is 6.21. The predicted molar refractivity (Wildman–Crippen MR) is 84.9 cm³/mol. The van der Waals surface area contributed by atoms with E-state index in [1.165, 1.54) is 6.07 Å². The van der Waals surface area contributed by atoms with Crippen molar-refractivity contribution >= 4 is 10.0 Å². The summed E-state index contributed by atoms with van der Waals surface area (Å²) >= 11 is 0. The maximum Gasteiger partial charge on any atom is 0.419 e. The van der Waals surface area contributed by atoms with Gasteiger partial charge in [0, 0.05) is 18.1 Å². The van der Waals surface area contributed by atoms with E-state index in [0.29, 0.717) is 24.9 Å². The summed E-state index contributed by atoms with van der Waals surface area (Å²) in [4.78, 5) is 2.08. The Balaban J connectivity index is 1.87. The Morgan fingerprint density at radius 2 is 2.00 bits per heavy atom. The summed E-state index contributed by atoms with van der Waals surface area (Å²) < 4.78 is 77.7. The Bertz CT molecular complexity index is 760. The first-order valence-corrected chi connectivity index (χ1v) is 10.0. The van der Waals surface area contributed by atoms with Gasteiger partial charge in [-0.15, -0.1) is 0 Å². The van der Waals surface area contributed by atoms with Crippen LogP contribution >= 0.6 is 0 Å². The summed E-state index contributed by atoms with van der Waals surface area (Å²) in [6.07, 6.45) is -0.660. The highest BCUT2D eigenvalue weighted by Gasteiger charge is 2.53. The van der Waals surface area contributed by atoms with Gasteiger partial charge in [0.1, 0.15) is 5.82 Å². The van der Waals surface area contributed by atoms with Gasteiger partial charge in [0.05, 0.1) is 11.8 Å². The van der Waals surface area contributed by atoms with Gasteiger partial charge in [0.25, 0.3) is 0 Å². The first kappa shape index (κ1) is 18.6. The van der Waals surface area contributed by atoms with Gasteiger partial charge in [0.2, 0.25) is 10.0 Å². The molecule has 25 heavy (non-hydrogen) atoms. The standard InChI is InChI=1S/C16H20F4N2O2S/c1-25(23,24)21-10-12-3-2-8-22(12)15(6-7-15)11-4-5-14(17)13(9-11)16(18,19)20/h4-5,9,12,21H,2-3,6-8,10H2,1H3/t12-/m0/s1. The lowest BCUT2D eigenvalue weighted by Gasteiger charge is -2.34. The third kappa shape index (κ3) is 3.83. The molecule has 1 saturated heterocycles. The Hall–Kier alpha value is -1.19. The molecular weight excluding hydrogens is 360 g/mol. The van der Waals surface area contributed by atoms with E-state index >= 15 is 0 Å². The summed E-state index contributed by atoms with van der Waals surface area (Å²) in [5, 5.41) is 0. The number of alkyl halides is 3. The lowest BCUT2D eigenvalue weighted by Crippen LogP contribution is -2.45. The average Bonchev–Trinajstić information content (AvgIpc) is 3.15. The molecule has 0 spiro atoms. The lowest BCUT2D eigenvalue weighted by atomic mass is 9.99. The monoisotopic (exact) mass is 380 g/mol. The molecule has 1 saturated carbocycles. The van der Waals surface area contributed by atoms with Gasteiger partial charge in [-0.05, 0) is 49.9 Å². The van der Waals surface area contributed by atoms with E-state index in [0.717, 1.165) is 31.2 Å². The fourth-order valence-corrected chi connectivity index (χ4v) is 4.25. The molecule has 3 rings (SSSR count). The molecular formula is C16H20F4N2O2S. The molecule has 9 heteroatoms. The number of nitrogens with zero attached hydrogens (tertiary/aromatic N) is 1. The molecule has 140 valence electrons. The first-order chi connectivity index (χ1) is 11.5. The van der Waals surface area contributed by atoms with Gasteiger partial charge >= 0.3 is 6.18 Å². The normalized spacial score (nSPS) is 23.8. The van der Waals surface area contributed by atoms with Crippen molar-refractivity contribution in [3.8, 4) is 0 Å². The van der Waals surface area contributed by atoms with Crippen LogP contribution in [0.25, 0.3) is 0 Å². The number of hydrogen-bond acceptors (Lipinski definition) is 3. The minimum atomic E-state index is -4.74. The molecule has 0 amide bonds. The molecule has 1 N–H and O–H groups in total. The number of halogens is 4. The van der Waals surface area contributed by atoms with Gasteiger partial charge in [-0.25, -0.2) is 17.5 Å². The first-order valence-electron chi connectivity index (χ1n) is 8.11. The molecule has 2 aliphatic rings. The minimum absolute atomic E-state index is 0.0726. The van der Waals surface area contributed by atoms with Crippen LogP contribution in [-0.2, 0) is 21.7 Å². The van der Waals surface area contributed by atoms with Crippen molar-refractivity contribution in [1.82, 2.24) is 9.62 Å². The van der Waals surface area contributed by atoms with E-state index in [4.69, 9.17) is 0 Å². The van der Waals surface area contributed by atoms with Gasteiger partial charge in [-0.1, -0.05) is 6.07 Å². The maximum absolute atomic E-state index is 13.6. The molecule has 0 bridgehead atoms. The average molecular weight is 380 g/mol. The molecule has 1 aromatic carbocycles. The molecule has 1 atom stereocenters. The van der Waals surface area contributed by atoms with E-state index in [1.54, 1.807) is 0 Å². The van der Waals surface area contributed by atoms with Crippen molar-refractivity contribution in [2.45, 2.75) is 43.4 Å². The lowest BCUT2D eigenvalue weighted by molar-refractivity contribution is -0.140. The molecule has 2 fully saturated rings. The van der Waals surface area contributed by atoms with Crippen molar-refractivity contribution < 1.29 is 26.0 Å². The Labute approximate surface area is 144 Å². The predicted octanol–water partition coefficient (Wildman–Crippen LogP) is 2.85. The largest absolute Gasteiger partial charge is 0.419 e. The van der Waals surface area contributed by atoms with Gasteiger partial charge in [0.15, 0.2) is 0 Å². The second-order valence-corrected chi connectivity index (χ2v) is 8.67. The molecule has 1 aliphatic heterocycles. The van der Waals surface area contributed by atoms with Crippen LogP contribution in [0.2, 0.25) is 0 Å². The van der Waals surface area contributed by atoms with Gasteiger partial charge < -0.3 is 0 Å². The van der Waals surface area contributed by atoms with Crippen LogP contribution in [0.15, 0.2) is 18.2 Å². The number of sulfonamides is 1. The second-order valence-electron chi connectivity index (χ2n) is 6.83. The van der Waals surface area contributed by atoms with Gasteiger partial charge in [-0.3, -0.25) is 4.90 Å². The molecule has 1 aromatic rings. The van der Waals surface area contributed by atoms with Crippen LogP contribution < -0.4 is 4.72 Å². The van der Waals surface area contributed by atoms with Crippen molar-refractivity contribution in [3.05, 3.63) is 35.1 Å². The highest BCUT2D eigenvalue weighted by Crippen LogP contribution is 2.54. The van der Waals surface area contributed by atoms with E-state index in [1.807, 2.05) is 0 Å². The third-order valence-corrected chi connectivity index (χ3v) is 5.73. The zero-order chi connectivity index (χ0) is 18.5. The van der Waals surface area contributed by atoms with Crippen LogP contribution in [0, 0.1) is 5.82 Å². The number of benzene rings is 1. The summed E-state index contributed by atoms with van der Waals surface area (Å²) in [6, 6.07) is 3.12. The fraction of sp³-hybridized carbons (Fsp3) is 0.625. The minimum Gasteiger partial charge on any atom is -0.289 e. The highest BCUT2D eigenvalue weighted by molar-refractivity contribution is 7.88. The van der Waals surface area contributed by atoms with E-state index in [2.05, 4.69) is 9.62 Å². The molecule has 0 radical (unpaired) electrons. The summed E-state index contributed by atoms with van der Waals surface area (Å²) in [6.45, 7) is 0.919. The van der Waals surface area contributed by atoms with Crippen molar-refractivity contribution in [2.24, 2.45) is 0 Å². The summed E-state index contributed by atoms with van der Waals surface area (Å²) in [5.74, 6) is -1.27. The number of nitrogens with one attached hydrogen (secondary N) is 1. The molecule has 1 aliphatic carbocycles. The van der Waals surface area contributed by atoms with Crippen LogP contribution in [-0.4, -0.2) is 38.7 Å². The SMILES string of the molecule is CS(=O)(=O)NC[C@@H]1CCCN1C1(c2ccc(F)c(C(F)(F)F)c2)CC1. The highest BCUT2D eigenvalue weighted by atomic mass is 32.2. The van der Waals surface area contributed by atoms with Gasteiger partial charge in [-0.2, -0.15) is 13.2 Å². The number of rotatable bonds is 5.